The van der Waals surface area contributed by atoms with Crippen LogP contribution in [0.5, 0.6) is 5.75 Å². The van der Waals surface area contributed by atoms with Gasteiger partial charge in [0.1, 0.15) is 5.75 Å². The van der Waals surface area contributed by atoms with Gasteiger partial charge >= 0.3 is 6.18 Å². The van der Waals surface area contributed by atoms with Crippen molar-refractivity contribution in [1.29, 1.82) is 0 Å². The Morgan fingerprint density at radius 2 is 1.82 bits per heavy atom. The lowest BCUT2D eigenvalue weighted by molar-refractivity contribution is -0.136. The molecule has 1 N–H and O–H groups in total. The number of hydrogen-bond donors (Lipinski definition) is 1. The molecule has 22 heavy (non-hydrogen) atoms. The first-order valence-corrected chi connectivity index (χ1v) is 7.38. The van der Waals surface area contributed by atoms with Crippen molar-refractivity contribution < 1.29 is 27.8 Å². The van der Waals surface area contributed by atoms with Gasteiger partial charge in [0, 0.05) is 19.6 Å². The molecule has 3 nitrogen and oxygen atoms in total. The molecular formula is C16H23F3O3. The summed E-state index contributed by atoms with van der Waals surface area (Å²) < 4.78 is 46.7. The van der Waals surface area contributed by atoms with Crippen molar-refractivity contribution in [2.24, 2.45) is 5.92 Å². The summed E-state index contributed by atoms with van der Waals surface area (Å²) in [6.07, 6.45) is -4.20. The van der Waals surface area contributed by atoms with Crippen molar-refractivity contribution in [2.45, 2.75) is 39.0 Å². The highest BCUT2D eigenvalue weighted by Crippen LogP contribution is 2.21. The van der Waals surface area contributed by atoms with E-state index in [0.29, 0.717) is 19.0 Å². The summed E-state index contributed by atoms with van der Waals surface area (Å²) in [6.45, 7) is 3.20. The van der Waals surface area contributed by atoms with Crippen LogP contribution in [0, 0.1) is 5.92 Å². The first-order chi connectivity index (χ1) is 10.4. The number of aliphatic hydroxyl groups is 1. The summed E-state index contributed by atoms with van der Waals surface area (Å²) in [5.74, 6) is 0.785. The standard InChI is InChI=1S/C16H23F3O3/c1-13(11-20)7-10-21-12-14-3-5-15(6-4-14)22-9-2-8-16(17,18)19/h3-6,13,20H,2,7-12H2,1H3/t13-/m0/s1. The molecule has 0 aromatic heterocycles. The molecule has 0 aliphatic heterocycles. The topological polar surface area (TPSA) is 38.7 Å². The third-order valence-electron chi connectivity index (χ3n) is 3.13. The predicted octanol–water partition coefficient (Wildman–Crippen LogP) is 3.94. The molecule has 1 aromatic rings. The van der Waals surface area contributed by atoms with Crippen molar-refractivity contribution in [3.63, 3.8) is 0 Å². The van der Waals surface area contributed by atoms with Gasteiger partial charge in [-0.1, -0.05) is 19.1 Å². The van der Waals surface area contributed by atoms with Gasteiger partial charge in [-0.3, -0.25) is 0 Å². The molecule has 0 saturated carbocycles. The monoisotopic (exact) mass is 320 g/mol. The average molecular weight is 320 g/mol. The molecule has 1 aromatic carbocycles. The summed E-state index contributed by atoms with van der Waals surface area (Å²) in [4.78, 5) is 0. The molecule has 0 fully saturated rings. The van der Waals surface area contributed by atoms with Gasteiger partial charge in [0.25, 0.3) is 0 Å². The first-order valence-electron chi connectivity index (χ1n) is 7.38. The van der Waals surface area contributed by atoms with Crippen molar-refractivity contribution in [3.8, 4) is 5.75 Å². The Morgan fingerprint density at radius 3 is 2.41 bits per heavy atom. The molecule has 126 valence electrons. The molecule has 0 amide bonds. The van der Waals surface area contributed by atoms with E-state index >= 15 is 0 Å². The molecule has 0 bridgehead atoms. The fraction of sp³-hybridized carbons (Fsp3) is 0.625. The fourth-order valence-corrected chi connectivity index (χ4v) is 1.71. The molecule has 0 saturated heterocycles. The Bertz CT molecular complexity index is 404. The van der Waals surface area contributed by atoms with Gasteiger partial charge in [-0.2, -0.15) is 13.2 Å². The van der Waals surface area contributed by atoms with Crippen LogP contribution in [0.1, 0.15) is 31.7 Å². The second-order valence-electron chi connectivity index (χ2n) is 5.34. The predicted molar refractivity (Wildman–Crippen MR) is 77.7 cm³/mol. The number of halogens is 3. The van der Waals surface area contributed by atoms with Crippen LogP contribution in [-0.4, -0.2) is 31.1 Å². The largest absolute Gasteiger partial charge is 0.494 e. The molecular weight excluding hydrogens is 297 g/mol. The molecule has 0 radical (unpaired) electrons. The van der Waals surface area contributed by atoms with Gasteiger partial charge < -0.3 is 14.6 Å². The molecule has 6 heteroatoms. The van der Waals surface area contributed by atoms with Crippen LogP contribution in [0.2, 0.25) is 0 Å². The highest BCUT2D eigenvalue weighted by Gasteiger charge is 2.26. The van der Waals surface area contributed by atoms with Gasteiger partial charge in [0.05, 0.1) is 13.2 Å². The Morgan fingerprint density at radius 1 is 1.14 bits per heavy atom. The Labute approximate surface area is 129 Å². The lowest BCUT2D eigenvalue weighted by atomic mass is 10.1. The van der Waals surface area contributed by atoms with Crippen LogP contribution in [0.3, 0.4) is 0 Å². The number of rotatable bonds is 10. The van der Waals surface area contributed by atoms with E-state index in [1.54, 1.807) is 12.1 Å². The highest BCUT2D eigenvalue weighted by molar-refractivity contribution is 5.26. The van der Waals surface area contributed by atoms with E-state index in [1.165, 1.54) is 0 Å². The molecule has 1 rings (SSSR count). The van der Waals surface area contributed by atoms with Crippen LogP contribution in [0.15, 0.2) is 24.3 Å². The summed E-state index contributed by atoms with van der Waals surface area (Å²) in [5.41, 5.74) is 0.972. The molecule has 0 heterocycles. The SMILES string of the molecule is C[C@H](CO)CCOCc1ccc(OCCCC(F)(F)F)cc1. The summed E-state index contributed by atoms with van der Waals surface area (Å²) >= 11 is 0. The number of ether oxygens (including phenoxy) is 2. The van der Waals surface area contributed by atoms with Gasteiger partial charge in [0.2, 0.25) is 0 Å². The van der Waals surface area contributed by atoms with Crippen LogP contribution in [0.25, 0.3) is 0 Å². The van der Waals surface area contributed by atoms with E-state index in [1.807, 2.05) is 19.1 Å². The molecule has 0 aliphatic carbocycles. The van der Waals surface area contributed by atoms with Crippen LogP contribution >= 0.6 is 0 Å². The van der Waals surface area contributed by atoms with E-state index in [2.05, 4.69) is 0 Å². The quantitative estimate of drug-likeness (QED) is 0.664. The number of benzene rings is 1. The van der Waals surface area contributed by atoms with Crippen molar-refractivity contribution in [1.82, 2.24) is 0 Å². The van der Waals surface area contributed by atoms with Gasteiger partial charge in [-0.25, -0.2) is 0 Å². The van der Waals surface area contributed by atoms with Crippen molar-refractivity contribution >= 4 is 0 Å². The maximum Gasteiger partial charge on any atom is 0.389 e. The van der Waals surface area contributed by atoms with E-state index in [-0.39, 0.29) is 25.6 Å². The minimum Gasteiger partial charge on any atom is -0.494 e. The van der Waals surface area contributed by atoms with Crippen LogP contribution < -0.4 is 4.74 Å². The van der Waals surface area contributed by atoms with Gasteiger partial charge in [0.15, 0.2) is 0 Å². The maximum atomic E-state index is 12.0. The highest BCUT2D eigenvalue weighted by atomic mass is 19.4. The maximum absolute atomic E-state index is 12.0. The van der Waals surface area contributed by atoms with E-state index in [4.69, 9.17) is 14.6 Å². The van der Waals surface area contributed by atoms with E-state index in [0.717, 1.165) is 12.0 Å². The number of hydrogen-bond acceptors (Lipinski definition) is 3. The lowest BCUT2D eigenvalue weighted by Crippen LogP contribution is -2.09. The Hall–Kier alpha value is -1.27. The zero-order valence-electron chi connectivity index (χ0n) is 12.7. The molecule has 0 spiro atoms. The number of aliphatic hydroxyl groups excluding tert-OH is 1. The van der Waals surface area contributed by atoms with Gasteiger partial charge in [-0.05, 0) is 36.5 Å². The number of alkyl halides is 3. The average Bonchev–Trinajstić information content (AvgIpc) is 2.48. The third kappa shape index (κ3) is 8.89. The Kier molecular flexibility index (Phi) is 8.27. The summed E-state index contributed by atoms with van der Waals surface area (Å²) in [7, 11) is 0. The first kappa shape index (κ1) is 18.8. The minimum atomic E-state index is -4.13. The lowest BCUT2D eigenvalue weighted by Gasteiger charge is -2.10. The zero-order valence-corrected chi connectivity index (χ0v) is 12.7. The smallest absolute Gasteiger partial charge is 0.389 e. The third-order valence-corrected chi connectivity index (χ3v) is 3.13. The molecule has 0 aliphatic rings. The normalized spacial score (nSPS) is 13.1. The molecule has 1 atom stereocenters. The van der Waals surface area contributed by atoms with Crippen LogP contribution in [0.4, 0.5) is 13.2 Å². The summed E-state index contributed by atoms with van der Waals surface area (Å²) in [6, 6.07) is 7.11. The second-order valence-corrected chi connectivity index (χ2v) is 5.34. The summed E-state index contributed by atoms with van der Waals surface area (Å²) in [5, 5.41) is 8.88. The van der Waals surface area contributed by atoms with E-state index in [9.17, 15) is 13.2 Å². The zero-order chi connectivity index (χ0) is 16.4. The fourth-order valence-electron chi connectivity index (χ4n) is 1.71. The minimum absolute atomic E-state index is 0.0442. The van der Waals surface area contributed by atoms with Crippen molar-refractivity contribution in [3.05, 3.63) is 29.8 Å². The van der Waals surface area contributed by atoms with Crippen LogP contribution in [-0.2, 0) is 11.3 Å². The van der Waals surface area contributed by atoms with Gasteiger partial charge in [-0.15, -0.1) is 0 Å². The van der Waals surface area contributed by atoms with Crippen molar-refractivity contribution in [2.75, 3.05) is 19.8 Å². The Balaban J connectivity index is 2.20. The second kappa shape index (κ2) is 9.69. The van der Waals surface area contributed by atoms with E-state index < -0.39 is 12.6 Å². The molecule has 0 unspecified atom stereocenters.